The maximum Gasteiger partial charge on any atom is 0.243 e. The third-order valence-corrected chi connectivity index (χ3v) is 2.16. The molecule has 0 aliphatic carbocycles. The molecule has 0 saturated carbocycles. The van der Waals surface area contributed by atoms with Crippen molar-refractivity contribution in [1.29, 1.82) is 0 Å². The Bertz CT molecular complexity index is 452. The van der Waals surface area contributed by atoms with Gasteiger partial charge in [0.15, 0.2) is 0 Å². The molecule has 0 fully saturated rings. The van der Waals surface area contributed by atoms with Gasteiger partial charge in [-0.1, -0.05) is 12.1 Å². The van der Waals surface area contributed by atoms with Crippen LogP contribution < -0.4 is 21.1 Å². The Labute approximate surface area is 124 Å². The molecule has 6 nitrogen and oxygen atoms in total. The zero-order valence-electron chi connectivity index (χ0n) is 11.5. The summed E-state index contributed by atoms with van der Waals surface area (Å²) in [6, 6.07) is 7.12. The van der Waals surface area contributed by atoms with Crippen molar-refractivity contribution in [2.75, 3.05) is 18.4 Å². The molecular formula is C13H20ClN3O3. The molecule has 2 amide bonds. The number of carbonyl (C=O) groups excluding carboxylic acids is 2. The first-order valence-electron chi connectivity index (χ1n) is 6.05. The van der Waals surface area contributed by atoms with E-state index in [0.717, 1.165) is 0 Å². The van der Waals surface area contributed by atoms with E-state index in [4.69, 9.17) is 10.5 Å². The molecule has 0 unspecified atom stereocenters. The minimum atomic E-state index is -0.373. The van der Waals surface area contributed by atoms with Crippen LogP contribution in [0.15, 0.2) is 24.3 Å². The summed E-state index contributed by atoms with van der Waals surface area (Å²) in [5.74, 6) is -0.112. The first-order chi connectivity index (χ1) is 9.02. The molecule has 0 aromatic heterocycles. The van der Waals surface area contributed by atoms with Gasteiger partial charge in [0.2, 0.25) is 11.8 Å². The normalized spacial score (nSPS) is 9.60. The molecule has 112 valence electrons. The van der Waals surface area contributed by atoms with Gasteiger partial charge in [-0.05, 0) is 26.0 Å². The fraction of sp³-hybridized carbons (Fsp3) is 0.385. The van der Waals surface area contributed by atoms with E-state index in [1.807, 2.05) is 19.9 Å². The molecule has 4 N–H and O–H groups in total. The lowest BCUT2D eigenvalue weighted by molar-refractivity contribution is -0.123. The van der Waals surface area contributed by atoms with Crippen LogP contribution in [0.5, 0.6) is 5.75 Å². The summed E-state index contributed by atoms with van der Waals surface area (Å²) in [5, 5.41) is 5.07. The van der Waals surface area contributed by atoms with E-state index in [1.165, 1.54) is 0 Å². The van der Waals surface area contributed by atoms with Gasteiger partial charge < -0.3 is 21.1 Å². The van der Waals surface area contributed by atoms with Crippen LogP contribution in [-0.2, 0) is 9.59 Å². The van der Waals surface area contributed by atoms with Crippen molar-refractivity contribution < 1.29 is 14.3 Å². The van der Waals surface area contributed by atoms with Crippen molar-refractivity contribution in [3.63, 3.8) is 0 Å². The number of hydrogen-bond acceptors (Lipinski definition) is 4. The Balaban J connectivity index is 0.00000361. The fourth-order valence-corrected chi connectivity index (χ4v) is 1.37. The fourth-order valence-electron chi connectivity index (χ4n) is 1.37. The zero-order valence-corrected chi connectivity index (χ0v) is 12.3. The van der Waals surface area contributed by atoms with Gasteiger partial charge in [0.05, 0.1) is 24.9 Å². The Morgan fingerprint density at radius 1 is 1.25 bits per heavy atom. The average molecular weight is 302 g/mol. The molecule has 0 spiro atoms. The van der Waals surface area contributed by atoms with Crippen LogP contribution in [0, 0.1) is 0 Å². The highest BCUT2D eigenvalue weighted by Crippen LogP contribution is 2.24. The molecule has 0 bridgehead atoms. The number of nitrogens with two attached hydrogens (primary N) is 1. The van der Waals surface area contributed by atoms with Gasteiger partial charge >= 0.3 is 0 Å². The quantitative estimate of drug-likeness (QED) is 0.728. The van der Waals surface area contributed by atoms with Gasteiger partial charge in [-0.25, -0.2) is 0 Å². The number of anilines is 1. The summed E-state index contributed by atoms with van der Waals surface area (Å²) in [6.45, 7) is 3.55. The third-order valence-electron chi connectivity index (χ3n) is 2.16. The van der Waals surface area contributed by atoms with E-state index in [9.17, 15) is 9.59 Å². The number of benzene rings is 1. The first kappa shape index (κ1) is 18.2. The van der Waals surface area contributed by atoms with Crippen LogP contribution in [0.3, 0.4) is 0 Å². The lowest BCUT2D eigenvalue weighted by atomic mass is 10.3. The van der Waals surface area contributed by atoms with Gasteiger partial charge in [0, 0.05) is 0 Å². The van der Waals surface area contributed by atoms with Gasteiger partial charge in [-0.3, -0.25) is 9.59 Å². The van der Waals surface area contributed by atoms with Crippen molar-refractivity contribution in [1.82, 2.24) is 5.32 Å². The molecule has 0 saturated heterocycles. The molecule has 0 aliphatic heterocycles. The number of halogens is 1. The standard InChI is InChI=1S/C13H19N3O3.ClH/c1-9(2)19-11-6-4-3-5-10(11)16-13(18)8-15-12(17)7-14;/h3-6,9H,7-8,14H2,1-2H3,(H,15,17)(H,16,18);1H. The van der Waals surface area contributed by atoms with Crippen molar-refractivity contribution in [2.45, 2.75) is 20.0 Å². The number of hydrogen-bond donors (Lipinski definition) is 3. The summed E-state index contributed by atoms with van der Waals surface area (Å²) >= 11 is 0. The molecule has 0 heterocycles. The van der Waals surface area contributed by atoms with E-state index < -0.39 is 0 Å². The smallest absolute Gasteiger partial charge is 0.243 e. The second kappa shape index (κ2) is 9.17. The highest BCUT2D eigenvalue weighted by atomic mass is 35.5. The average Bonchev–Trinajstić information content (AvgIpc) is 2.37. The summed E-state index contributed by atoms with van der Waals surface area (Å²) in [4.78, 5) is 22.6. The van der Waals surface area contributed by atoms with Gasteiger partial charge in [0.25, 0.3) is 0 Å². The number of ether oxygens (including phenoxy) is 1. The number of amides is 2. The molecule has 20 heavy (non-hydrogen) atoms. The van der Waals surface area contributed by atoms with Crippen LogP contribution in [0.4, 0.5) is 5.69 Å². The maximum absolute atomic E-state index is 11.6. The van der Waals surface area contributed by atoms with Crippen molar-refractivity contribution in [2.24, 2.45) is 5.73 Å². The minimum Gasteiger partial charge on any atom is -0.489 e. The first-order valence-corrected chi connectivity index (χ1v) is 6.05. The van der Waals surface area contributed by atoms with E-state index in [2.05, 4.69) is 10.6 Å². The Morgan fingerprint density at radius 3 is 2.50 bits per heavy atom. The molecule has 1 rings (SSSR count). The van der Waals surface area contributed by atoms with E-state index in [-0.39, 0.29) is 43.4 Å². The monoisotopic (exact) mass is 301 g/mol. The molecule has 7 heteroatoms. The molecule has 0 atom stereocenters. The van der Waals surface area contributed by atoms with Crippen LogP contribution in [0.25, 0.3) is 0 Å². The van der Waals surface area contributed by atoms with Crippen molar-refractivity contribution in [3.8, 4) is 5.75 Å². The van der Waals surface area contributed by atoms with Gasteiger partial charge in [-0.2, -0.15) is 0 Å². The number of carbonyl (C=O) groups is 2. The second-order valence-electron chi connectivity index (χ2n) is 4.19. The van der Waals surface area contributed by atoms with Gasteiger partial charge in [-0.15, -0.1) is 12.4 Å². The number of nitrogens with one attached hydrogen (secondary N) is 2. The lowest BCUT2D eigenvalue weighted by Gasteiger charge is -2.14. The third kappa shape index (κ3) is 6.40. The molecule has 0 radical (unpaired) electrons. The SMILES string of the molecule is CC(C)Oc1ccccc1NC(=O)CNC(=O)CN.Cl. The van der Waals surface area contributed by atoms with Crippen LogP contribution in [-0.4, -0.2) is 31.0 Å². The second-order valence-corrected chi connectivity index (χ2v) is 4.19. The number of rotatable bonds is 6. The Kier molecular flexibility index (Phi) is 8.35. The van der Waals surface area contributed by atoms with E-state index in [1.54, 1.807) is 18.2 Å². The topological polar surface area (TPSA) is 93.5 Å². The Morgan fingerprint density at radius 2 is 1.90 bits per heavy atom. The van der Waals surface area contributed by atoms with Crippen LogP contribution in [0.2, 0.25) is 0 Å². The predicted octanol–water partition coefficient (Wildman–Crippen LogP) is 0.909. The zero-order chi connectivity index (χ0) is 14.3. The summed E-state index contributed by atoms with van der Waals surface area (Å²) in [6.07, 6.45) is 0.00925. The van der Waals surface area contributed by atoms with Gasteiger partial charge in [0.1, 0.15) is 5.75 Å². The molecule has 1 aromatic rings. The summed E-state index contributed by atoms with van der Waals surface area (Å²) in [5.41, 5.74) is 5.70. The largest absolute Gasteiger partial charge is 0.489 e. The molecular weight excluding hydrogens is 282 g/mol. The summed E-state index contributed by atoms with van der Waals surface area (Å²) in [7, 11) is 0. The lowest BCUT2D eigenvalue weighted by Crippen LogP contribution is -2.36. The summed E-state index contributed by atoms with van der Waals surface area (Å²) < 4.78 is 5.57. The maximum atomic E-state index is 11.6. The highest BCUT2D eigenvalue weighted by Gasteiger charge is 2.09. The molecule has 1 aromatic carbocycles. The highest BCUT2D eigenvalue weighted by molar-refractivity contribution is 5.95. The molecule has 0 aliphatic rings. The van der Waals surface area contributed by atoms with E-state index in [0.29, 0.717) is 11.4 Å². The minimum absolute atomic E-state index is 0. The predicted molar refractivity (Wildman–Crippen MR) is 80.1 cm³/mol. The number of para-hydroxylation sites is 2. The van der Waals surface area contributed by atoms with Crippen LogP contribution >= 0.6 is 12.4 Å². The van der Waals surface area contributed by atoms with Crippen molar-refractivity contribution in [3.05, 3.63) is 24.3 Å². The van der Waals surface area contributed by atoms with Crippen LogP contribution in [0.1, 0.15) is 13.8 Å². The Hall–Kier alpha value is -1.79. The van der Waals surface area contributed by atoms with E-state index >= 15 is 0 Å². The van der Waals surface area contributed by atoms with Crippen molar-refractivity contribution >= 4 is 29.9 Å².